The molecule has 44 heavy (non-hydrogen) atoms. The van der Waals surface area contributed by atoms with Gasteiger partial charge in [0.1, 0.15) is 12.1 Å². The zero-order valence-electron chi connectivity index (χ0n) is 26.5. The van der Waals surface area contributed by atoms with Gasteiger partial charge in [-0.1, -0.05) is 0 Å². The number of rotatable bonds is 13. The minimum absolute atomic E-state index is 0.0372. The first kappa shape index (κ1) is 34.5. The molecule has 4 rings (SSSR count). The molecule has 14 heteroatoms. The zero-order chi connectivity index (χ0) is 31.6. The van der Waals surface area contributed by atoms with Crippen molar-refractivity contribution in [3.8, 4) is 0 Å². The molecule has 0 aromatic heterocycles. The van der Waals surface area contributed by atoms with Gasteiger partial charge in [-0.15, -0.1) is 0 Å². The standard InChI is InChI=1S/C30H54N8O6/c1-21(31-9-17-39)27(41)33-25-19-35(13-7-23-5-3-11-37(23)29(25)43)15-16-36-14-8-24-6-4-12-38(24)30(44)26(20-36)34-28(42)22(2)32-10-18-40/h21-26,31-32,39-40H,3-20H2,1-2H3,(H,33,41)(H,34,42). The Kier molecular flexibility index (Phi) is 13.2. The van der Waals surface area contributed by atoms with Gasteiger partial charge in [0.15, 0.2) is 0 Å². The highest BCUT2D eigenvalue weighted by Gasteiger charge is 2.39. The van der Waals surface area contributed by atoms with Crippen LogP contribution < -0.4 is 21.3 Å². The van der Waals surface area contributed by atoms with Gasteiger partial charge in [0.2, 0.25) is 23.6 Å². The van der Waals surface area contributed by atoms with Gasteiger partial charge in [-0.25, -0.2) is 0 Å². The van der Waals surface area contributed by atoms with Crippen molar-refractivity contribution in [3.05, 3.63) is 0 Å². The lowest BCUT2D eigenvalue weighted by Gasteiger charge is -2.39. The molecule has 0 aromatic carbocycles. The summed E-state index contributed by atoms with van der Waals surface area (Å²) in [6, 6.07) is -2.06. The normalized spacial score (nSPS) is 28.4. The van der Waals surface area contributed by atoms with Gasteiger partial charge in [-0.05, 0) is 52.4 Å². The van der Waals surface area contributed by atoms with E-state index in [1.165, 1.54) is 0 Å². The number of aliphatic hydroxyl groups is 2. The van der Waals surface area contributed by atoms with Crippen molar-refractivity contribution in [2.24, 2.45) is 0 Å². The molecule has 4 fully saturated rings. The highest BCUT2D eigenvalue weighted by molar-refractivity contribution is 5.91. The highest BCUT2D eigenvalue weighted by atomic mass is 16.3. The van der Waals surface area contributed by atoms with Crippen LogP contribution in [0.2, 0.25) is 0 Å². The van der Waals surface area contributed by atoms with Crippen LogP contribution in [0.3, 0.4) is 0 Å². The molecular weight excluding hydrogens is 568 g/mol. The van der Waals surface area contributed by atoms with E-state index in [-0.39, 0.29) is 48.9 Å². The van der Waals surface area contributed by atoms with E-state index in [1.54, 1.807) is 13.8 Å². The number of aliphatic hydroxyl groups excluding tert-OH is 2. The van der Waals surface area contributed by atoms with Crippen LogP contribution in [0.15, 0.2) is 0 Å². The summed E-state index contributed by atoms with van der Waals surface area (Å²) in [5.74, 6) is -0.606. The topological polar surface area (TPSA) is 170 Å². The number of hydrogen-bond acceptors (Lipinski definition) is 10. The number of nitrogens with zero attached hydrogens (tertiary/aromatic N) is 4. The third kappa shape index (κ3) is 9.10. The summed E-state index contributed by atoms with van der Waals surface area (Å²) in [6.07, 6.45) is 5.63. The number of fused-ring (bicyclic) bond motifs is 2. The van der Waals surface area contributed by atoms with Crippen LogP contribution in [0, 0.1) is 0 Å². The Bertz CT molecular complexity index is 911. The Hall–Kier alpha value is -2.36. The SMILES string of the molecule is CC(NCCO)C(=O)NC1CN(CCN2CCC3CCCN3C(=O)C(NC(=O)C(C)NCCO)C2)CCC2CCCN2C1=O. The molecule has 4 saturated heterocycles. The van der Waals surface area contributed by atoms with E-state index in [4.69, 9.17) is 10.2 Å². The number of amides is 4. The van der Waals surface area contributed by atoms with Gasteiger partial charge in [0.05, 0.1) is 25.3 Å². The lowest BCUT2D eigenvalue weighted by molar-refractivity contribution is -0.139. The van der Waals surface area contributed by atoms with E-state index in [2.05, 4.69) is 31.1 Å². The lowest BCUT2D eigenvalue weighted by Crippen LogP contribution is -2.61. The van der Waals surface area contributed by atoms with Crippen molar-refractivity contribution in [3.63, 3.8) is 0 Å². The molecular formula is C30H54N8O6. The van der Waals surface area contributed by atoms with Gasteiger partial charge in [0, 0.05) is 77.5 Å². The Labute approximate surface area is 261 Å². The Morgan fingerprint density at radius 3 is 1.50 bits per heavy atom. The van der Waals surface area contributed by atoms with Crippen LogP contribution in [-0.4, -0.2) is 168 Å². The number of carbonyl (C=O) groups is 4. The maximum Gasteiger partial charge on any atom is 0.246 e. The van der Waals surface area contributed by atoms with Gasteiger partial charge >= 0.3 is 0 Å². The smallest absolute Gasteiger partial charge is 0.246 e. The second kappa shape index (κ2) is 16.8. The summed E-state index contributed by atoms with van der Waals surface area (Å²) in [5.41, 5.74) is 0. The van der Waals surface area contributed by atoms with Crippen molar-refractivity contribution < 1.29 is 29.4 Å². The van der Waals surface area contributed by atoms with E-state index in [1.807, 2.05) is 9.80 Å². The van der Waals surface area contributed by atoms with E-state index < -0.39 is 24.2 Å². The van der Waals surface area contributed by atoms with Gasteiger partial charge in [0.25, 0.3) is 0 Å². The first-order valence-electron chi connectivity index (χ1n) is 16.6. The molecule has 0 radical (unpaired) electrons. The van der Waals surface area contributed by atoms with E-state index in [0.29, 0.717) is 39.3 Å². The third-order valence-electron chi connectivity index (χ3n) is 9.63. The average Bonchev–Trinajstić information content (AvgIpc) is 3.68. The summed E-state index contributed by atoms with van der Waals surface area (Å²) in [4.78, 5) is 61.5. The molecule has 250 valence electrons. The molecule has 4 amide bonds. The maximum atomic E-state index is 13.6. The maximum absolute atomic E-state index is 13.6. The Morgan fingerprint density at radius 1 is 0.705 bits per heavy atom. The van der Waals surface area contributed by atoms with Crippen LogP contribution in [0.1, 0.15) is 52.4 Å². The predicted molar refractivity (Wildman–Crippen MR) is 165 cm³/mol. The van der Waals surface area contributed by atoms with Crippen LogP contribution in [0.25, 0.3) is 0 Å². The molecule has 0 aliphatic carbocycles. The fourth-order valence-corrected chi connectivity index (χ4v) is 7.02. The molecule has 6 unspecified atom stereocenters. The third-order valence-corrected chi connectivity index (χ3v) is 9.63. The lowest BCUT2D eigenvalue weighted by atomic mass is 10.1. The molecule has 0 spiro atoms. The summed E-state index contributed by atoms with van der Waals surface area (Å²) in [5, 5.41) is 30.1. The van der Waals surface area contributed by atoms with Crippen LogP contribution in [-0.2, 0) is 19.2 Å². The molecule has 6 N–H and O–H groups in total. The number of hydrogen-bond donors (Lipinski definition) is 6. The molecule has 0 bridgehead atoms. The molecule has 0 aromatic rings. The van der Waals surface area contributed by atoms with E-state index in [9.17, 15) is 19.2 Å². The van der Waals surface area contributed by atoms with Gasteiger partial charge in [-0.2, -0.15) is 0 Å². The Balaban J connectivity index is 1.42. The number of nitrogens with one attached hydrogen (secondary N) is 4. The first-order chi connectivity index (χ1) is 21.2. The first-order valence-corrected chi connectivity index (χ1v) is 16.6. The zero-order valence-corrected chi connectivity index (χ0v) is 26.5. The van der Waals surface area contributed by atoms with Crippen molar-refractivity contribution in [1.29, 1.82) is 0 Å². The van der Waals surface area contributed by atoms with Crippen molar-refractivity contribution >= 4 is 23.6 Å². The van der Waals surface area contributed by atoms with Crippen LogP contribution in [0.4, 0.5) is 0 Å². The van der Waals surface area contributed by atoms with Gasteiger partial charge in [-0.3, -0.25) is 29.0 Å². The minimum atomic E-state index is -0.664. The largest absolute Gasteiger partial charge is 0.395 e. The van der Waals surface area contributed by atoms with Gasteiger partial charge < -0.3 is 41.3 Å². The van der Waals surface area contributed by atoms with Crippen LogP contribution in [0.5, 0.6) is 0 Å². The van der Waals surface area contributed by atoms with Crippen LogP contribution >= 0.6 is 0 Å². The van der Waals surface area contributed by atoms with Crippen molar-refractivity contribution in [1.82, 2.24) is 40.9 Å². The predicted octanol–water partition coefficient (Wildman–Crippen LogP) is -2.71. The quantitative estimate of drug-likeness (QED) is 0.127. The number of carbonyl (C=O) groups excluding carboxylic acids is 4. The fourth-order valence-electron chi connectivity index (χ4n) is 7.02. The second-order valence-electron chi connectivity index (χ2n) is 12.8. The van der Waals surface area contributed by atoms with Crippen molar-refractivity contribution in [2.45, 2.75) is 88.6 Å². The van der Waals surface area contributed by atoms with E-state index >= 15 is 0 Å². The monoisotopic (exact) mass is 622 g/mol. The summed E-state index contributed by atoms with van der Waals surface area (Å²) in [7, 11) is 0. The molecule has 14 nitrogen and oxygen atoms in total. The molecule has 4 heterocycles. The molecule has 0 saturated carbocycles. The highest BCUT2D eigenvalue weighted by Crippen LogP contribution is 2.25. The van der Waals surface area contributed by atoms with E-state index in [0.717, 1.165) is 64.7 Å². The molecule has 6 atom stereocenters. The second-order valence-corrected chi connectivity index (χ2v) is 12.8. The molecule has 4 aliphatic rings. The Morgan fingerprint density at radius 2 is 1.11 bits per heavy atom. The summed E-state index contributed by atoms with van der Waals surface area (Å²) < 4.78 is 0. The summed E-state index contributed by atoms with van der Waals surface area (Å²) >= 11 is 0. The fraction of sp³-hybridized carbons (Fsp3) is 0.867. The van der Waals surface area contributed by atoms with Crippen molar-refractivity contribution in [2.75, 3.05) is 78.7 Å². The molecule has 4 aliphatic heterocycles. The minimum Gasteiger partial charge on any atom is -0.395 e. The average molecular weight is 623 g/mol. The summed E-state index contributed by atoms with van der Waals surface area (Å²) in [6.45, 7) is 9.07.